The molecule has 0 aromatic heterocycles. The van der Waals surface area contributed by atoms with Crippen molar-refractivity contribution in [2.45, 2.75) is 39.4 Å². The zero-order chi connectivity index (χ0) is 12.3. The third kappa shape index (κ3) is 3.00. The van der Waals surface area contributed by atoms with Crippen molar-refractivity contribution in [3.05, 3.63) is 34.4 Å². The lowest BCUT2D eigenvalue weighted by Gasteiger charge is -2.20. The van der Waals surface area contributed by atoms with Gasteiger partial charge in [-0.25, -0.2) is 0 Å². The van der Waals surface area contributed by atoms with Gasteiger partial charge in [0.2, 0.25) is 0 Å². The van der Waals surface area contributed by atoms with E-state index >= 15 is 0 Å². The van der Waals surface area contributed by atoms with Gasteiger partial charge in [0.15, 0.2) is 0 Å². The Morgan fingerprint density at radius 3 is 2.19 bits per heavy atom. The first-order chi connectivity index (χ1) is 7.47. The predicted octanol–water partition coefficient (Wildman–Crippen LogP) is 2.33. The molecular weight excluding hydrogens is 220 g/mol. The number of hydrogen-bond acceptors (Lipinski definition) is 3. The maximum Gasteiger partial charge on any atom is 0.105 e. The molecule has 0 heterocycles. The molecule has 2 N–H and O–H groups in total. The van der Waals surface area contributed by atoms with Crippen molar-refractivity contribution in [2.75, 3.05) is 5.75 Å². The molecule has 0 fully saturated rings. The highest BCUT2D eigenvalue weighted by Crippen LogP contribution is 2.25. The van der Waals surface area contributed by atoms with E-state index in [1.807, 2.05) is 32.9 Å². The largest absolute Gasteiger partial charge is 0.390 e. The SMILES string of the molecule is Cc1cc(C)c(C(O)C(O)CCS)cc1C. The maximum atomic E-state index is 10.0. The Labute approximate surface area is 103 Å². The highest BCUT2D eigenvalue weighted by atomic mass is 32.1. The topological polar surface area (TPSA) is 40.5 Å². The van der Waals surface area contributed by atoms with E-state index in [4.69, 9.17) is 0 Å². The summed E-state index contributed by atoms with van der Waals surface area (Å²) in [6.07, 6.45) is -1.05. The number of aliphatic hydroxyl groups excluding tert-OH is 2. The molecule has 2 atom stereocenters. The Bertz CT molecular complexity index is 363. The van der Waals surface area contributed by atoms with Crippen LogP contribution in [0.3, 0.4) is 0 Å². The molecule has 3 heteroatoms. The van der Waals surface area contributed by atoms with Gasteiger partial charge in [-0.3, -0.25) is 0 Å². The maximum absolute atomic E-state index is 10.0. The van der Waals surface area contributed by atoms with Crippen LogP contribution in [-0.4, -0.2) is 22.1 Å². The summed E-state index contributed by atoms with van der Waals surface area (Å²) in [7, 11) is 0. The number of hydrogen-bond donors (Lipinski definition) is 3. The van der Waals surface area contributed by atoms with Crippen LogP contribution >= 0.6 is 12.6 Å². The van der Waals surface area contributed by atoms with Crippen molar-refractivity contribution in [2.24, 2.45) is 0 Å². The minimum atomic E-state index is -0.813. The van der Waals surface area contributed by atoms with Crippen LogP contribution in [0.2, 0.25) is 0 Å². The molecule has 0 bridgehead atoms. The van der Waals surface area contributed by atoms with Crippen molar-refractivity contribution in [3.63, 3.8) is 0 Å². The number of aryl methyl sites for hydroxylation is 3. The van der Waals surface area contributed by atoms with Crippen LogP contribution in [0, 0.1) is 20.8 Å². The quantitative estimate of drug-likeness (QED) is 0.707. The zero-order valence-corrected chi connectivity index (χ0v) is 11.0. The molecule has 0 amide bonds. The Morgan fingerprint density at radius 2 is 1.62 bits per heavy atom. The van der Waals surface area contributed by atoms with Gasteiger partial charge in [0.05, 0.1) is 6.10 Å². The van der Waals surface area contributed by atoms with Crippen molar-refractivity contribution in [3.8, 4) is 0 Å². The summed E-state index contributed by atoms with van der Waals surface area (Å²) in [6, 6.07) is 4.00. The van der Waals surface area contributed by atoms with E-state index in [1.54, 1.807) is 0 Å². The zero-order valence-electron chi connectivity index (χ0n) is 10.1. The van der Waals surface area contributed by atoms with E-state index in [1.165, 1.54) is 5.56 Å². The lowest BCUT2D eigenvalue weighted by atomic mass is 9.94. The van der Waals surface area contributed by atoms with Gasteiger partial charge in [0.1, 0.15) is 6.10 Å². The van der Waals surface area contributed by atoms with Gasteiger partial charge in [-0.2, -0.15) is 12.6 Å². The number of aliphatic hydroxyl groups is 2. The fourth-order valence-corrected chi connectivity index (χ4v) is 2.06. The monoisotopic (exact) mass is 240 g/mol. The Kier molecular flexibility index (Phi) is 4.84. The molecule has 1 aromatic rings. The number of rotatable bonds is 4. The molecule has 0 aliphatic heterocycles. The van der Waals surface area contributed by atoms with Crippen LogP contribution in [0.4, 0.5) is 0 Å². The molecule has 0 aliphatic rings. The Morgan fingerprint density at radius 1 is 1.06 bits per heavy atom. The van der Waals surface area contributed by atoms with Gasteiger partial charge in [-0.15, -0.1) is 0 Å². The van der Waals surface area contributed by atoms with Crippen LogP contribution in [0.5, 0.6) is 0 Å². The van der Waals surface area contributed by atoms with Gasteiger partial charge < -0.3 is 10.2 Å². The molecule has 16 heavy (non-hydrogen) atoms. The van der Waals surface area contributed by atoms with Crippen LogP contribution in [0.25, 0.3) is 0 Å². The normalized spacial score (nSPS) is 14.9. The van der Waals surface area contributed by atoms with Gasteiger partial charge >= 0.3 is 0 Å². The van der Waals surface area contributed by atoms with E-state index in [2.05, 4.69) is 12.6 Å². The first kappa shape index (κ1) is 13.6. The third-order valence-corrected chi connectivity index (χ3v) is 3.25. The molecule has 0 aliphatic carbocycles. The highest BCUT2D eigenvalue weighted by Gasteiger charge is 2.19. The van der Waals surface area contributed by atoms with Crippen molar-refractivity contribution in [1.29, 1.82) is 0 Å². The summed E-state index contributed by atoms with van der Waals surface area (Å²) in [5.74, 6) is 0.572. The van der Waals surface area contributed by atoms with Crippen LogP contribution < -0.4 is 0 Å². The predicted molar refractivity (Wildman–Crippen MR) is 70.1 cm³/mol. The van der Waals surface area contributed by atoms with Gasteiger partial charge in [0.25, 0.3) is 0 Å². The van der Waals surface area contributed by atoms with Crippen LogP contribution in [0.15, 0.2) is 12.1 Å². The van der Waals surface area contributed by atoms with E-state index < -0.39 is 12.2 Å². The highest BCUT2D eigenvalue weighted by molar-refractivity contribution is 7.80. The second-order valence-electron chi connectivity index (χ2n) is 4.32. The molecule has 0 radical (unpaired) electrons. The van der Waals surface area contributed by atoms with Gasteiger partial charge in [-0.1, -0.05) is 12.1 Å². The molecule has 90 valence electrons. The third-order valence-electron chi connectivity index (χ3n) is 2.99. The smallest absolute Gasteiger partial charge is 0.105 e. The minimum Gasteiger partial charge on any atom is -0.390 e. The summed E-state index contributed by atoms with van der Waals surface area (Å²) in [4.78, 5) is 0. The lowest BCUT2D eigenvalue weighted by Crippen LogP contribution is -2.19. The van der Waals surface area contributed by atoms with Crippen molar-refractivity contribution in [1.82, 2.24) is 0 Å². The molecule has 0 spiro atoms. The summed E-state index contributed by atoms with van der Waals surface area (Å²) >= 11 is 4.06. The van der Waals surface area contributed by atoms with Gasteiger partial charge in [0, 0.05) is 0 Å². The molecule has 2 nitrogen and oxygen atoms in total. The van der Waals surface area contributed by atoms with E-state index in [0.717, 1.165) is 16.7 Å². The molecular formula is C13H20O2S. The lowest BCUT2D eigenvalue weighted by molar-refractivity contribution is 0.0168. The Balaban J connectivity index is 2.99. The van der Waals surface area contributed by atoms with Crippen molar-refractivity contribution >= 4 is 12.6 Å². The summed E-state index contributed by atoms with van der Waals surface area (Å²) in [5, 5.41) is 19.8. The minimum absolute atomic E-state index is 0.497. The summed E-state index contributed by atoms with van der Waals surface area (Å²) in [5.41, 5.74) is 4.18. The molecule has 1 rings (SSSR count). The van der Waals surface area contributed by atoms with E-state index in [-0.39, 0.29) is 0 Å². The number of thiol groups is 1. The molecule has 0 saturated heterocycles. The first-order valence-corrected chi connectivity index (χ1v) is 6.15. The van der Waals surface area contributed by atoms with E-state index in [9.17, 15) is 10.2 Å². The second kappa shape index (κ2) is 5.71. The molecule has 1 aromatic carbocycles. The fourth-order valence-electron chi connectivity index (χ4n) is 1.80. The van der Waals surface area contributed by atoms with Crippen LogP contribution in [0.1, 0.15) is 34.8 Å². The number of benzene rings is 1. The molecule has 0 saturated carbocycles. The second-order valence-corrected chi connectivity index (χ2v) is 4.76. The van der Waals surface area contributed by atoms with Crippen molar-refractivity contribution < 1.29 is 10.2 Å². The summed E-state index contributed by atoms with van der Waals surface area (Å²) in [6.45, 7) is 6.01. The average Bonchev–Trinajstić information content (AvgIpc) is 2.23. The first-order valence-electron chi connectivity index (χ1n) is 5.52. The van der Waals surface area contributed by atoms with Gasteiger partial charge in [-0.05, 0) is 55.2 Å². The standard InChI is InChI=1S/C13H20O2S/c1-8-6-10(3)11(7-9(8)2)13(15)12(14)4-5-16/h6-7,12-16H,4-5H2,1-3H3. The average molecular weight is 240 g/mol. The molecule has 2 unspecified atom stereocenters. The Hall–Kier alpha value is -0.510. The van der Waals surface area contributed by atoms with E-state index in [0.29, 0.717) is 12.2 Å². The van der Waals surface area contributed by atoms with Crippen LogP contribution in [-0.2, 0) is 0 Å². The fraction of sp³-hybridized carbons (Fsp3) is 0.538. The summed E-state index contributed by atoms with van der Waals surface area (Å²) < 4.78 is 0.